The fourth-order valence-electron chi connectivity index (χ4n) is 6.37. The third-order valence-corrected chi connectivity index (χ3v) is 8.95. The molecule has 31 heavy (non-hydrogen) atoms. The minimum Gasteiger partial charge on any atom is -0.362 e. The molecule has 2 saturated heterocycles. The smallest absolute Gasteiger partial charge is 0.266 e. The summed E-state index contributed by atoms with van der Waals surface area (Å²) in [6.45, 7) is 7.29. The zero-order chi connectivity index (χ0) is 21.6. The third-order valence-electron chi connectivity index (χ3n) is 7.85. The van der Waals surface area contributed by atoms with Crippen LogP contribution in [0, 0.1) is 12.3 Å². The van der Waals surface area contributed by atoms with Crippen LogP contribution in [0.15, 0.2) is 30.3 Å². The molecule has 5 atom stereocenters. The molecule has 2 bridgehead atoms. The summed E-state index contributed by atoms with van der Waals surface area (Å²) in [5.41, 5.74) is 2.36. The number of benzene rings is 1. The highest BCUT2D eigenvalue weighted by atomic mass is 32.1. The van der Waals surface area contributed by atoms with E-state index in [4.69, 9.17) is 0 Å². The second-order valence-electron chi connectivity index (χ2n) is 9.77. The van der Waals surface area contributed by atoms with E-state index in [2.05, 4.69) is 64.7 Å². The van der Waals surface area contributed by atoms with Crippen molar-refractivity contribution in [2.75, 3.05) is 11.9 Å². The van der Waals surface area contributed by atoms with Crippen LogP contribution in [0.2, 0.25) is 0 Å². The molecular weight excluding hydrogens is 404 g/mol. The molecule has 3 aliphatic rings. The number of hydrogen-bond acceptors (Lipinski definition) is 5. The van der Waals surface area contributed by atoms with E-state index in [0.717, 1.165) is 41.5 Å². The molecule has 1 aromatic carbocycles. The molecule has 2 aliphatic heterocycles. The van der Waals surface area contributed by atoms with E-state index in [9.17, 15) is 4.79 Å². The number of carbonyl (C=O) groups is 1. The van der Waals surface area contributed by atoms with E-state index in [-0.39, 0.29) is 17.4 Å². The summed E-state index contributed by atoms with van der Waals surface area (Å²) in [5.74, 6) is 0.195. The molecular formula is C25H34N4OS. The monoisotopic (exact) mass is 438 g/mol. The van der Waals surface area contributed by atoms with Gasteiger partial charge in [0, 0.05) is 36.1 Å². The summed E-state index contributed by atoms with van der Waals surface area (Å²) in [4.78, 5) is 21.8. The zero-order valence-electron chi connectivity index (χ0n) is 18.9. The van der Waals surface area contributed by atoms with Crippen LogP contribution in [0.3, 0.4) is 0 Å². The van der Waals surface area contributed by atoms with Gasteiger partial charge in [-0.1, -0.05) is 61.4 Å². The molecule has 1 aromatic heterocycles. The minimum absolute atomic E-state index is 0.160. The first-order valence-corrected chi connectivity index (χ1v) is 12.7. The number of aromatic nitrogens is 1. The second-order valence-corrected chi connectivity index (χ2v) is 10.8. The van der Waals surface area contributed by atoms with Crippen molar-refractivity contribution >= 4 is 22.4 Å². The van der Waals surface area contributed by atoms with Gasteiger partial charge < -0.3 is 15.5 Å². The average Bonchev–Trinajstić information content (AvgIpc) is 3.19. The lowest BCUT2D eigenvalue weighted by Crippen LogP contribution is -2.57. The number of amides is 1. The number of fused-ring (bicyclic) bond motifs is 1. The van der Waals surface area contributed by atoms with Gasteiger partial charge >= 0.3 is 0 Å². The Bertz CT molecular complexity index is 944. The number of piperidine rings is 1. The first kappa shape index (κ1) is 21.0. The Morgan fingerprint density at radius 1 is 1.29 bits per heavy atom. The highest BCUT2D eigenvalue weighted by Gasteiger charge is 2.60. The summed E-state index contributed by atoms with van der Waals surface area (Å²) in [6.07, 6.45) is 6.88. The van der Waals surface area contributed by atoms with Crippen LogP contribution in [0.1, 0.15) is 66.9 Å². The number of thiazole rings is 1. The van der Waals surface area contributed by atoms with Crippen molar-refractivity contribution in [1.29, 1.82) is 0 Å². The molecule has 0 radical (unpaired) electrons. The number of hydrogen-bond donors (Lipinski definition) is 2. The molecule has 6 heteroatoms. The van der Waals surface area contributed by atoms with Gasteiger partial charge in [-0.25, -0.2) is 4.98 Å². The number of anilines is 1. The van der Waals surface area contributed by atoms with Crippen molar-refractivity contribution in [2.24, 2.45) is 5.41 Å². The Kier molecular flexibility index (Phi) is 5.55. The molecule has 1 aliphatic carbocycles. The molecule has 1 saturated carbocycles. The highest BCUT2D eigenvalue weighted by molar-refractivity contribution is 7.17. The lowest BCUT2D eigenvalue weighted by Gasteiger charge is -2.43. The zero-order valence-corrected chi connectivity index (χ0v) is 19.7. The highest BCUT2D eigenvalue weighted by Crippen LogP contribution is 2.53. The fraction of sp³-hybridized carbons (Fsp3) is 0.600. The molecule has 3 heterocycles. The van der Waals surface area contributed by atoms with Crippen molar-refractivity contribution in [3.8, 4) is 0 Å². The number of rotatable bonds is 5. The lowest BCUT2D eigenvalue weighted by atomic mass is 9.70. The summed E-state index contributed by atoms with van der Waals surface area (Å²) in [5, 5.41) is 8.18. The standard InChI is InChI=1S/C25H34N4OS/c1-4-26-24-27-16(2)22(31-24)23(30)29-19-15-25(3)20(12-8-9-13-21(25)29)28-18(19)14-17-10-6-5-7-11-17/h5-7,10-11,18-21,28H,4,8-9,12-15H2,1-3H3,(H,26,27)/t18-,19-,20+,21-,25+/m0/s1. The van der Waals surface area contributed by atoms with Gasteiger partial charge in [0.2, 0.25) is 0 Å². The molecule has 0 unspecified atom stereocenters. The van der Waals surface area contributed by atoms with E-state index in [1.165, 1.54) is 36.2 Å². The van der Waals surface area contributed by atoms with E-state index >= 15 is 0 Å². The Labute approximate surface area is 189 Å². The maximum Gasteiger partial charge on any atom is 0.266 e. The molecule has 0 spiro atoms. The van der Waals surface area contributed by atoms with Crippen LogP contribution in [-0.2, 0) is 6.42 Å². The van der Waals surface area contributed by atoms with E-state index in [1.54, 1.807) is 0 Å². The van der Waals surface area contributed by atoms with Crippen LogP contribution < -0.4 is 10.6 Å². The van der Waals surface area contributed by atoms with Crippen molar-refractivity contribution in [2.45, 2.75) is 83.5 Å². The topological polar surface area (TPSA) is 57.3 Å². The lowest BCUT2D eigenvalue weighted by molar-refractivity contribution is 0.0616. The van der Waals surface area contributed by atoms with Gasteiger partial charge in [0.1, 0.15) is 4.88 Å². The summed E-state index contributed by atoms with van der Waals surface area (Å²) in [7, 11) is 0. The number of aryl methyl sites for hydroxylation is 1. The van der Waals surface area contributed by atoms with Gasteiger partial charge in [-0.3, -0.25) is 4.79 Å². The van der Waals surface area contributed by atoms with E-state index < -0.39 is 0 Å². The summed E-state index contributed by atoms with van der Waals surface area (Å²) < 4.78 is 0. The van der Waals surface area contributed by atoms with Crippen molar-refractivity contribution in [3.05, 3.63) is 46.5 Å². The van der Waals surface area contributed by atoms with E-state index in [0.29, 0.717) is 18.1 Å². The molecule has 2 aromatic rings. The SMILES string of the molecule is CCNc1nc(C)c(C(=O)N2[C@H]3CCCC[C@H]4N[C@@H](Cc5ccccc5)[C@@H]2C[C@@]34C)s1. The van der Waals surface area contributed by atoms with Gasteiger partial charge in [0.05, 0.1) is 5.69 Å². The van der Waals surface area contributed by atoms with Crippen molar-refractivity contribution < 1.29 is 4.79 Å². The molecule has 5 rings (SSSR count). The van der Waals surface area contributed by atoms with Gasteiger partial charge in [0.25, 0.3) is 5.91 Å². The van der Waals surface area contributed by atoms with Crippen LogP contribution in [0.4, 0.5) is 5.13 Å². The predicted octanol–water partition coefficient (Wildman–Crippen LogP) is 4.63. The molecule has 166 valence electrons. The maximum absolute atomic E-state index is 14.0. The predicted molar refractivity (Wildman–Crippen MR) is 127 cm³/mol. The largest absolute Gasteiger partial charge is 0.362 e. The fourth-order valence-corrected chi connectivity index (χ4v) is 7.34. The van der Waals surface area contributed by atoms with Crippen molar-refractivity contribution in [3.63, 3.8) is 0 Å². The number of carbonyl (C=O) groups excluding carboxylic acids is 1. The first-order chi connectivity index (χ1) is 15.0. The summed E-state index contributed by atoms with van der Waals surface area (Å²) in [6, 6.07) is 12.1. The van der Waals surface area contributed by atoms with Crippen LogP contribution in [-0.4, -0.2) is 46.5 Å². The Morgan fingerprint density at radius 2 is 2.06 bits per heavy atom. The first-order valence-electron chi connectivity index (χ1n) is 11.8. The van der Waals surface area contributed by atoms with Crippen LogP contribution in [0.25, 0.3) is 0 Å². The molecule has 3 fully saturated rings. The second kappa shape index (κ2) is 8.21. The Hall–Kier alpha value is -1.92. The third kappa shape index (κ3) is 3.58. The van der Waals surface area contributed by atoms with Gasteiger partial charge in [-0.05, 0) is 45.1 Å². The van der Waals surface area contributed by atoms with Gasteiger partial charge in [0.15, 0.2) is 5.13 Å². The van der Waals surface area contributed by atoms with Gasteiger partial charge in [-0.15, -0.1) is 0 Å². The van der Waals surface area contributed by atoms with Crippen LogP contribution >= 0.6 is 11.3 Å². The van der Waals surface area contributed by atoms with Gasteiger partial charge in [-0.2, -0.15) is 0 Å². The molecule has 5 nitrogen and oxygen atoms in total. The number of likely N-dealkylation sites (tertiary alicyclic amines) is 1. The molecule has 1 amide bonds. The van der Waals surface area contributed by atoms with Crippen molar-refractivity contribution in [1.82, 2.24) is 15.2 Å². The average molecular weight is 439 g/mol. The molecule has 2 N–H and O–H groups in total. The number of nitrogens with one attached hydrogen (secondary N) is 2. The minimum atomic E-state index is 0.160. The van der Waals surface area contributed by atoms with Crippen LogP contribution in [0.5, 0.6) is 0 Å². The quantitative estimate of drug-likeness (QED) is 0.715. The Morgan fingerprint density at radius 3 is 2.84 bits per heavy atom. The summed E-state index contributed by atoms with van der Waals surface area (Å²) >= 11 is 1.52. The maximum atomic E-state index is 14.0. The van der Waals surface area contributed by atoms with E-state index in [1.807, 2.05) is 6.92 Å². The normalized spacial score (nSPS) is 32.0. The Balaban J connectivity index is 1.51. The number of nitrogens with zero attached hydrogens (tertiary/aromatic N) is 2.